The lowest BCUT2D eigenvalue weighted by Gasteiger charge is -2.26. The second kappa shape index (κ2) is 8.71. The van der Waals surface area contributed by atoms with Crippen molar-refractivity contribution in [3.63, 3.8) is 0 Å². The molecule has 6 heteroatoms. The highest BCUT2D eigenvalue weighted by Gasteiger charge is 2.19. The predicted molar refractivity (Wildman–Crippen MR) is 129 cm³/mol. The normalized spacial score (nSPS) is 14.2. The molecule has 1 aromatic heterocycles. The van der Waals surface area contributed by atoms with Gasteiger partial charge in [0.25, 0.3) is 5.91 Å². The number of carbonyl (C=O) groups excluding carboxylic acids is 1. The van der Waals surface area contributed by atoms with Crippen LogP contribution in [0.5, 0.6) is 5.75 Å². The van der Waals surface area contributed by atoms with Gasteiger partial charge in [-0.25, -0.2) is 4.98 Å². The van der Waals surface area contributed by atoms with Gasteiger partial charge < -0.3 is 19.7 Å². The van der Waals surface area contributed by atoms with Crippen LogP contribution >= 0.6 is 0 Å². The van der Waals surface area contributed by atoms with Gasteiger partial charge in [-0.15, -0.1) is 0 Å². The summed E-state index contributed by atoms with van der Waals surface area (Å²) < 4.78 is 5.34. The third-order valence-corrected chi connectivity index (χ3v) is 6.19. The molecule has 2 N–H and O–H groups in total. The van der Waals surface area contributed by atoms with Crippen LogP contribution in [-0.4, -0.2) is 52.2 Å². The summed E-state index contributed by atoms with van der Waals surface area (Å²) in [5.41, 5.74) is 6.11. The first-order chi connectivity index (χ1) is 16.0. The summed E-state index contributed by atoms with van der Waals surface area (Å²) >= 11 is 0. The van der Waals surface area contributed by atoms with Gasteiger partial charge in [0.2, 0.25) is 0 Å². The molecular formula is C27H27N3O3. The van der Waals surface area contributed by atoms with Crippen molar-refractivity contribution >= 4 is 16.9 Å². The molecule has 0 spiro atoms. The second-order valence-corrected chi connectivity index (χ2v) is 8.73. The highest BCUT2D eigenvalue weighted by molar-refractivity contribution is 5.98. The Bertz CT molecular complexity index is 1300. The molecule has 0 atom stereocenters. The molecule has 3 aromatic carbocycles. The van der Waals surface area contributed by atoms with Gasteiger partial charge in [-0.2, -0.15) is 0 Å². The second-order valence-electron chi connectivity index (χ2n) is 8.73. The first-order valence-electron chi connectivity index (χ1n) is 11.3. The first-order valence-corrected chi connectivity index (χ1v) is 11.3. The number of hydrogen-bond acceptors (Lipinski definition) is 4. The summed E-state index contributed by atoms with van der Waals surface area (Å²) in [6.07, 6.45) is 0. The van der Waals surface area contributed by atoms with E-state index in [0.29, 0.717) is 49.2 Å². The monoisotopic (exact) mass is 441 g/mol. The molecule has 0 unspecified atom stereocenters. The number of morpholine rings is 1. The standard InChI is InChI=1S/C27H27N3O3/c1-17(2)18-3-5-19(6-4-18)20-8-10-25(31)22(15-20)26-28-23-9-7-21(16-24(23)29-26)27(32)30-11-13-33-14-12-30/h3-10,15-17,31H,11-14H2,1-2H3,(H,28,29). The Balaban J connectivity index is 1.47. The van der Waals surface area contributed by atoms with Crippen molar-refractivity contribution in [1.82, 2.24) is 14.9 Å². The van der Waals surface area contributed by atoms with Gasteiger partial charge in [0.1, 0.15) is 11.6 Å². The van der Waals surface area contributed by atoms with Crippen LogP contribution in [0.2, 0.25) is 0 Å². The van der Waals surface area contributed by atoms with Gasteiger partial charge in [-0.1, -0.05) is 44.2 Å². The molecule has 4 aromatic rings. The summed E-state index contributed by atoms with van der Waals surface area (Å²) in [7, 11) is 0. The maximum Gasteiger partial charge on any atom is 0.254 e. The van der Waals surface area contributed by atoms with E-state index < -0.39 is 0 Å². The number of H-pyrrole nitrogens is 1. The number of rotatable bonds is 4. The number of aromatic nitrogens is 2. The minimum atomic E-state index is -0.00830. The number of phenolic OH excluding ortho intramolecular Hbond substituents is 1. The predicted octanol–water partition coefficient (Wildman–Crippen LogP) is 5.20. The van der Waals surface area contributed by atoms with Gasteiger partial charge in [-0.3, -0.25) is 4.79 Å². The Morgan fingerprint density at radius 2 is 1.73 bits per heavy atom. The van der Waals surface area contributed by atoms with Gasteiger partial charge in [0, 0.05) is 18.7 Å². The van der Waals surface area contributed by atoms with Crippen LogP contribution in [0.1, 0.15) is 35.7 Å². The van der Waals surface area contributed by atoms with Gasteiger partial charge in [0.15, 0.2) is 0 Å². The molecule has 0 radical (unpaired) electrons. The molecule has 33 heavy (non-hydrogen) atoms. The molecule has 1 fully saturated rings. The number of aromatic hydroxyl groups is 1. The van der Waals surface area contributed by atoms with E-state index in [-0.39, 0.29) is 11.7 Å². The van der Waals surface area contributed by atoms with Crippen molar-refractivity contribution < 1.29 is 14.6 Å². The molecule has 2 heterocycles. The summed E-state index contributed by atoms with van der Waals surface area (Å²) in [4.78, 5) is 22.6. The third-order valence-electron chi connectivity index (χ3n) is 6.19. The number of carbonyl (C=O) groups is 1. The molecule has 6 nitrogen and oxygen atoms in total. The number of amides is 1. The van der Waals surface area contributed by atoms with Crippen LogP contribution in [0, 0.1) is 0 Å². The van der Waals surface area contributed by atoms with Crippen LogP contribution in [0.15, 0.2) is 60.7 Å². The number of benzene rings is 3. The van der Waals surface area contributed by atoms with Crippen LogP contribution in [0.3, 0.4) is 0 Å². The van der Waals surface area contributed by atoms with Crippen LogP contribution in [0.4, 0.5) is 0 Å². The third kappa shape index (κ3) is 4.22. The van der Waals surface area contributed by atoms with Crippen molar-refractivity contribution in [2.24, 2.45) is 0 Å². The minimum absolute atomic E-state index is 0.00830. The van der Waals surface area contributed by atoms with Crippen molar-refractivity contribution in [1.29, 1.82) is 0 Å². The zero-order valence-corrected chi connectivity index (χ0v) is 18.8. The molecule has 5 rings (SSSR count). The SMILES string of the molecule is CC(C)c1ccc(-c2ccc(O)c(-c3nc4ccc(C(=O)N5CCOCC5)cc4[nH]3)c2)cc1. The van der Waals surface area contributed by atoms with Crippen molar-refractivity contribution in [3.8, 4) is 28.3 Å². The van der Waals surface area contributed by atoms with E-state index >= 15 is 0 Å². The molecule has 168 valence electrons. The van der Waals surface area contributed by atoms with Gasteiger partial charge in [-0.05, 0) is 52.9 Å². The number of hydrogen-bond donors (Lipinski definition) is 2. The van der Waals surface area contributed by atoms with E-state index in [0.717, 1.165) is 22.2 Å². The average molecular weight is 442 g/mol. The topological polar surface area (TPSA) is 78.5 Å². The Hall–Kier alpha value is -3.64. The number of aromatic amines is 1. The van der Waals surface area contributed by atoms with E-state index in [1.54, 1.807) is 12.1 Å². The lowest BCUT2D eigenvalue weighted by atomic mass is 9.97. The number of phenols is 1. The smallest absolute Gasteiger partial charge is 0.254 e. The van der Waals surface area contributed by atoms with Crippen LogP contribution < -0.4 is 0 Å². The van der Waals surface area contributed by atoms with Crippen molar-refractivity contribution in [2.45, 2.75) is 19.8 Å². The Morgan fingerprint density at radius 1 is 1.00 bits per heavy atom. The molecule has 1 amide bonds. The molecule has 1 saturated heterocycles. The van der Waals surface area contributed by atoms with Gasteiger partial charge in [0.05, 0.1) is 29.8 Å². The molecule has 0 bridgehead atoms. The first kappa shape index (κ1) is 21.2. The lowest BCUT2D eigenvalue weighted by molar-refractivity contribution is 0.0303. The number of imidazole rings is 1. The fourth-order valence-electron chi connectivity index (χ4n) is 4.18. The fourth-order valence-corrected chi connectivity index (χ4v) is 4.18. The maximum atomic E-state index is 12.8. The Labute approximate surface area is 192 Å². The molecule has 0 aliphatic carbocycles. The Morgan fingerprint density at radius 3 is 2.45 bits per heavy atom. The van der Waals surface area contributed by atoms with E-state index in [1.807, 2.05) is 29.2 Å². The zero-order valence-electron chi connectivity index (χ0n) is 18.8. The molecule has 1 aliphatic rings. The average Bonchev–Trinajstić information content (AvgIpc) is 3.27. The summed E-state index contributed by atoms with van der Waals surface area (Å²) in [6.45, 7) is 6.69. The highest BCUT2D eigenvalue weighted by atomic mass is 16.5. The minimum Gasteiger partial charge on any atom is -0.507 e. The molecular weight excluding hydrogens is 414 g/mol. The summed E-state index contributed by atoms with van der Waals surface area (Å²) in [5.74, 6) is 1.19. The molecule has 0 saturated carbocycles. The summed E-state index contributed by atoms with van der Waals surface area (Å²) in [6, 6.07) is 19.5. The van der Waals surface area contributed by atoms with Crippen LogP contribution in [-0.2, 0) is 4.74 Å². The van der Waals surface area contributed by atoms with E-state index in [1.165, 1.54) is 5.56 Å². The largest absolute Gasteiger partial charge is 0.507 e. The highest BCUT2D eigenvalue weighted by Crippen LogP contribution is 2.34. The van der Waals surface area contributed by atoms with Crippen LogP contribution in [0.25, 0.3) is 33.5 Å². The van der Waals surface area contributed by atoms with E-state index in [4.69, 9.17) is 4.74 Å². The quantitative estimate of drug-likeness (QED) is 0.456. The Kier molecular flexibility index (Phi) is 5.60. The number of ether oxygens (including phenoxy) is 1. The maximum absolute atomic E-state index is 12.8. The zero-order chi connectivity index (χ0) is 22.9. The van der Waals surface area contributed by atoms with E-state index in [9.17, 15) is 9.90 Å². The number of nitrogens with one attached hydrogen (secondary N) is 1. The van der Waals surface area contributed by atoms with Crippen molar-refractivity contribution in [3.05, 3.63) is 71.8 Å². The fraction of sp³-hybridized carbons (Fsp3) is 0.259. The number of fused-ring (bicyclic) bond motifs is 1. The lowest BCUT2D eigenvalue weighted by Crippen LogP contribution is -2.40. The molecule has 1 aliphatic heterocycles. The van der Waals surface area contributed by atoms with Crippen molar-refractivity contribution in [2.75, 3.05) is 26.3 Å². The van der Waals surface area contributed by atoms with Gasteiger partial charge >= 0.3 is 0 Å². The van der Waals surface area contributed by atoms with E-state index in [2.05, 4.69) is 48.1 Å². The number of nitrogens with zero attached hydrogens (tertiary/aromatic N) is 2. The summed E-state index contributed by atoms with van der Waals surface area (Å²) in [5, 5.41) is 10.6.